The molecule has 2 N–H and O–H groups in total. The highest BCUT2D eigenvalue weighted by molar-refractivity contribution is 7.09. The molecule has 0 unspecified atom stereocenters. The molecule has 0 aliphatic heterocycles. The molecule has 1 amide bonds. The molecule has 2 aromatic heterocycles. The summed E-state index contributed by atoms with van der Waals surface area (Å²) in [4.78, 5) is 15.6. The summed E-state index contributed by atoms with van der Waals surface area (Å²) in [5, 5.41) is 12.8. The first-order chi connectivity index (χ1) is 7.79. The maximum atomic E-state index is 11.7. The number of carbonyl (C=O) groups is 1. The highest BCUT2D eigenvalue weighted by atomic mass is 32.1. The van der Waals surface area contributed by atoms with Crippen LogP contribution in [0, 0.1) is 0 Å². The van der Waals surface area contributed by atoms with E-state index in [-0.39, 0.29) is 5.91 Å². The number of hydrogen-bond acceptors (Lipinski definition) is 7. The minimum absolute atomic E-state index is 0.307. The van der Waals surface area contributed by atoms with E-state index in [1.807, 2.05) is 0 Å². The fourth-order valence-electron chi connectivity index (χ4n) is 1.05. The summed E-state index contributed by atoms with van der Waals surface area (Å²) in [5.41, 5.74) is 1.12. The van der Waals surface area contributed by atoms with Gasteiger partial charge in [0, 0.05) is 30.5 Å². The second kappa shape index (κ2) is 4.62. The van der Waals surface area contributed by atoms with Gasteiger partial charge in [0.15, 0.2) is 0 Å². The zero-order chi connectivity index (χ0) is 11.4. The molecule has 16 heavy (non-hydrogen) atoms. The van der Waals surface area contributed by atoms with Crippen molar-refractivity contribution in [2.24, 2.45) is 0 Å². The molecule has 2 rings (SSSR count). The average molecular weight is 236 g/mol. The predicted octanol–water partition coefficient (Wildman–Crippen LogP) is 0.622. The predicted molar refractivity (Wildman–Crippen MR) is 59.4 cm³/mol. The fraction of sp³-hybridized carbons (Fsp3) is 0.125. The van der Waals surface area contributed by atoms with Crippen molar-refractivity contribution in [3.63, 3.8) is 0 Å². The molecule has 0 fully saturated rings. The molecule has 82 valence electrons. The van der Waals surface area contributed by atoms with E-state index in [0.29, 0.717) is 10.8 Å². The van der Waals surface area contributed by atoms with Crippen molar-refractivity contribution in [1.29, 1.82) is 0 Å². The first kappa shape index (κ1) is 10.4. The molecule has 0 saturated heterocycles. The lowest BCUT2D eigenvalue weighted by atomic mass is 10.3. The smallest absolute Gasteiger partial charge is 0.276 e. The Hall–Kier alpha value is -2.09. The standard InChI is InChI=1S/C8H8N6OS/c1-9-5-2-3-10-6(4-5)7(15)11-8-12-13-14-16-8/h2-4H,1H3,(H,9,10)(H,11,12,14,15). The Bertz CT molecular complexity index is 485. The van der Waals surface area contributed by atoms with Gasteiger partial charge in [0.05, 0.1) is 0 Å². The first-order valence-electron chi connectivity index (χ1n) is 4.40. The van der Waals surface area contributed by atoms with Crippen molar-refractivity contribution in [3.8, 4) is 0 Å². The normalized spacial score (nSPS) is 9.81. The summed E-state index contributed by atoms with van der Waals surface area (Å²) < 4.78 is 3.54. The van der Waals surface area contributed by atoms with Gasteiger partial charge in [0.25, 0.3) is 5.91 Å². The molecule has 0 aliphatic carbocycles. The second-order valence-corrected chi connectivity index (χ2v) is 3.53. The Kier molecular flexibility index (Phi) is 3.01. The number of amides is 1. The molecule has 2 aromatic rings. The number of anilines is 2. The molecule has 0 saturated carbocycles. The van der Waals surface area contributed by atoms with Crippen molar-refractivity contribution in [2.45, 2.75) is 0 Å². The van der Waals surface area contributed by atoms with Crippen LogP contribution in [0.2, 0.25) is 0 Å². The quantitative estimate of drug-likeness (QED) is 0.811. The molecule has 0 radical (unpaired) electrons. The van der Waals surface area contributed by atoms with Crippen LogP contribution in [0.3, 0.4) is 0 Å². The molecule has 0 bridgehead atoms. The van der Waals surface area contributed by atoms with Gasteiger partial charge in [-0.15, -0.1) is 0 Å². The lowest BCUT2D eigenvalue weighted by Gasteiger charge is -2.02. The number of carbonyl (C=O) groups excluding carboxylic acids is 1. The minimum Gasteiger partial charge on any atom is -0.388 e. The Labute approximate surface area is 95.1 Å². The Morgan fingerprint density at radius 1 is 1.50 bits per heavy atom. The summed E-state index contributed by atoms with van der Waals surface area (Å²) in [6.45, 7) is 0. The highest BCUT2D eigenvalue weighted by Crippen LogP contribution is 2.10. The Balaban J connectivity index is 2.14. The van der Waals surface area contributed by atoms with E-state index >= 15 is 0 Å². The van der Waals surface area contributed by atoms with E-state index in [0.717, 1.165) is 17.2 Å². The molecule has 0 atom stereocenters. The van der Waals surface area contributed by atoms with Gasteiger partial charge in [-0.2, -0.15) is 0 Å². The number of pyridine rings is 1. The SMILES string of the molecule is CNc1ccnc(C(=O)Nc2nnns2)c1. The third-order valence-electron chi connectivity index (χ3n) is 1.80. The van der Waals surface area contributed by atoms with Gasteiger partial charge in [0.2, 0.25) is 5.13 Å². The summed E-state index contributed by atoms with van der Waals surface area (Å²) in [7, 11) is 1.77. The number of aromatic nitrogens is 4. The Morgan fingerprint density at radius 3 is 3.06 bits per heavy atom. The van der Waals surface area contributed by atoms with Gasteiger partial charge in [-0.3, -0.25) is 15.1 Å². The van der Waals surface area contributed by atoms with Crippen molar-refractivity contribution >= 4 is 28.3 Å². The van der Waals surface area contributed by atoms with Crippen LogP contribution in [0.5, 0.6) is 0 Å². The van der Waals surface area contributed by atoms with Crippen LogP contribution in [0.4, 0.5) is 10.8 Å². The molecule has 0 aliphatic rings. The van der Waals surface area contributed by atoms with Gasteiger partial charge in [-0.1, -0.05) is 9.59 Å². The minimum atomic E-state index is -0.337. The van der Waals surface area contributed by atoms with Crippen LogP contribution < -0.4 is 10.6 Å². The lowest BCUT2D eigenvalue weighted by Crippen LogP contribution is -2.13. The van der Waals surface area contributed by atoms with Crippen LogP contribution in [-0.4, -0.2) is 32.7 Å². The zero-order valence-corrected chi connectivity index (χ0v) is 9.15. The fourth-order valence-corrected chi connectivity index (χ4v) is 1.41. The average Bonchev–Trinajstić information content (AvgIpc) is 2.82. The molecule has 8 heteroatoms. The van der Waals surface area contributed by atoms with E-state index in [2.05, 4.69) is 30.4 Å². The van der Waals surface area contributed by atoms with E-state index in [1.54, 1.807) is 25.4 Å². The van der Waals surface area contributed by atoms with E-state index < -0.39 is 0 Å². The molecular weight excluding hydrogens is 228 g/mol. The lowest BCUT2D eigenvalue weighted by molar-refractivity contribution is 0.102. The van der Waals surface area contributed by atoms with Crippen molar-refractivity contribution < 1.29 is 4.79 Å². The highest BCUT2D eigenvalue weighted by Gasteiger charge is 2.10. The zero-order valence-electron chi connectivity index (χ0n) is 8.34. The van der Waals surface area contributed by atoms with Crippen LogP contribution in [0.15, 0.2) is 18.3 Å². The maximum absolute atomic E-state index is 11.7. The molecule has 7 nitrogen and oxygen atoms in total. The summed E-state index contributed by atoms with van der Waals surface area (Å²) in [6, 6.07) is 3.41. The van der Waals surface area contributed by atoms with Gasteiger partial charge < -0.3 is 5.32 Å². The van der Waals surface area contributed by atoms with Crippen LogP contribution in [-0.2, 0) is 0 Å². The largest absolute Gasteiger partial charge is 0.388 e. The van der Waals surface area contributed by atoms with Gasteiger partial charge in [-0.05, 0) is 17.3 Å². The summed E-state index contributed by atoms with van der Waals surface area (Å²) in [5.74, 6) is -0.337. The van der Waals surface area contributed by atoms with Crippen molar-refractivity contribution in [1.82, 2.24) is 19.8 Å². The van der Waals surface area contributed by atoms with Gasteiger partial charge in [0.1, 0.15) is 5.69 Å². The van der Waals surface area contributed by atoms with Gasteiger partial charge in [-0.25, -0.2) is 0 Å². The van der Waals surface area contributed by atoms with Crippen molar-refractivity contribution in [3.05, 3.63) is 24.0 Å². The van der Waals surface area contributed by atoms with Crippen LogP contribution in [0.1, 0.15) is 10.5 Å². The third kappa shape index (κ3) is 2.28. The number of hydrogen-bond donors (Lipinski definition) is 2. The topological polar surface area (TPSA) is 92.7 Å². The molecule has 0 spiro atoms. The van der Waals surface area contributed by atoms with E-state index in [9.17, 15) is 4.79 Å². The molecular formula is C8H8N6OS. The second-order valence-electron chi connectivity index (χ2n) is 2.80. The molecule has 2 heterocycles. The van der Waals surface area contributed by atoms with Crippen LogP contribution in [0.25, 0.3) is 0 Å². The summed E-state index contributed by atoms with van der Waals surface area (Å²) in [6.07, 6.45) is 1.55. The van der Waals surface area contributed by atoms with Crippen molar-refractivity contribution in [2.75, 3.05) is 17.7 Å². The number of nitrogens with zero attached hydrogens (tertiary/aromatic N) is 4. The Morgan fingerprint density at radius 2 is 2.38 bits per heavy atom. The third-order valence-corrected chi connectivity index (χ3v) is 2.31. The number of nitrogens with one attached hydrogen (secondary N) is 2. The van der Waals surface area contributed by atoms with E-state index in [1.165, 1.54) is 0 Å². The van der Waals surface area contributed by atoms with Gasteiger partial charge >= 0.3 is 0 Å². The van der Waals surface area contributed by atoms with Crippen LogP contribution >= 0.6 is 11.5 Å². The maximum Gasteiger partial charge on any atom is 0.276 e. The monoisotopic (exact) mass is 236 g/mol. The summed E-state index contributed by atoms with van der Waals surface area (Å²) >= 11 is 1.01. The van der Waals surface area contributed by atoms with E-state index in [4.69, 9.17) is 0 Å². The molecule has 0 aromatic carbocycles. The number of rotatable bonds is 3. The first-order valence-corrected chi connectivity index (χ1v) is 5.17.